The first-order chi connectivity index (χ1) is 10.1. The van der Waals surface area contributed by atoms with Crippen molar-refractivity contribution in [2.24, 2.45) is 5.41 Å². The van der Waals surface area contributed by atoms with Crippen molar-refractivity contribution in [2.75, 3.05) is 7.11 Å². The monoisotopic (exact) mass is 296 g/mol. The molecule has 2 rings (SSSR count). The van der Waals surface area contributed by atoms with Crippen LogP contribution in [0.25, 0.3) is 0 Å². The van der Waals surface area contributed by atoms with Gasteiger partial charge in [-0.15, -0.1) is 0 Å². The minimum atomic E-state index is -0.752. The molecule has 0 saturated heterocycles. The first-order valence-corrected chi connectivity index (χ1v) is 7.65. The van der Waals surface area contributed by atoms with Crippen molar-refractivity contribution in [3.63, 3.8) is 0 Å². The maximum atomic E-state index is 11.1. The smallest absolute Gasteiger partial charge is 0.303 e. The Balaban J connectivity index is 2.08. The minimum Gasteiger partial charge on any atom is -0.481 e. The van der Waals surface area contributed by atoms with Crippen molar-refractivity contribution in [1.82, 2.24) is 10.1 Å². The van der Waals surface area contributed by atoms with Crippen LogP contribution in [0.4, 0.5) is 0 Å². The van der Waals surface area contributed by atoms with Crippen molar-refractivity contribution in [2.45, 2.75) is 64.4 Å². The molecule has 0 amide bonds. The van der Waals surface area contributed by atoms with Crippen molar-refractivity contribution >= 4 is 5.97 Å². The SMILES string of the molecule is CCCC(OC)c1noc(CC2(CC(=O)O)CCCC2)n1. The van der Waals surface area contributed by atoms with E-state index in [-0.39, 0.29) is 17.9 Å². The van der Waals surface area contributed by atoms with Gasteiger partial charge in [0.15, 0.2) is 0 Å². The lowest BCUT2D eigenvalue weighted by Gasteiger charge is -2.24. The van der Waals surface area contributed by atoms with Gasteiger partial charge in [-0.25, -0.2) is 0 Å². The summed E-state index contributed by atoms with van der Waals surface area (Å²) in [5.74, 6) is 0.349. The molecule has 1 atom stereocenters. The molecule has 118 valence electrons. The fourth-order valence-corrected chi connectivity index (χ4v) is 3.27. The van der Waals surface area contributed by atoms with E-state index in [4.69, 9.17) is 14.4 Å². The number of nitrogens with zero attached hydrogens (tertiary/aromatic N) is 2. The van der Waals surface area contributed by atoms with Crippen molar-refractivity contribution in [3.05, 3.63) is 11.7 Å². The molecule has 1 unspecified atom stereocenters. The predicted octanol–water partition coefficient (Wildman–Crippen LogP) is 3.13. The normalized spacial score (nSPS) is 18.8. The van der Waals surface area contributed by atoms with Crippen LogP contribution in [-0.4, -0.2) is 28.3 Å². The van der Waals surface area contributed by atoms with E-state index in [2.05, 4.69) is 17.1 Å². The van der Waals surface area contributed by atoms with Crippen LogP contribution in [0.2, 0.25) is 0 Å². The Hall–Kier alpha value is -1.43. The number of ether oxygens (including phenoxy) is 1. The van der Waals surface area contributed by atoms with Crippen LogP contribution in [0.15, 0.2) is 4.52 Å². The number of carbonyl (C=O) groups is 1. The Morgan fingerprint density at radius 3 is 2.76 bits per heavy atom. The number of hydrogen-bond acceptors (Lipinski definition) is 5. The van der Waals surface area contributed by atoms with Gasteiger partial charge in [0, 0.05) is 13.5 Å². The Kier molecular flexibility index (Phi) is 5.33. The predicted molar refractivity (Wildman–Crippen MR) is 75.8 cm³/mol. The quantitative estimate of drug-likeness (QED) is 0.793. The molecule has 6 nitrogen and oxygen atoms in total. The van der Waals surface area contributed by atoms with Crippen molar-refractivity contribution in [3.8, 4) is 0 Å². The van der Waals surface area contributed by atoms with Gasteiger partial charge in [-0.1, -0.05) is 31.3 Å². The second-order valence-electron chi connectivity index (χ2n) is 6.01. The maximum absolute atomic E-state index is 11.1. The Morgan fingerprint density at radius 2 is 2.19 bits per heavy atom. The van der Waals surface area contributed by atoms with Gasteiger partial charge in [0.05, 0.1) is 6.42 Å². The summed E-state index contributed by atoms with van der Waals surface area (Å²) in [6.07, 6.45) is 6.38. The molecule has 0 radical (unpaired) electrons. The first-order valence-electron chi connectivity index (χ1n) is 7.65. The van der Waals surface area contributed by atoms with E-state index < -0.39 is 5.97 Å². The number of rotatable bonds is 8. The molecule has 1 N–H and O–H groups in total. The third-order valence-electron chi connectivity index (χ3n) is 4.32. The van der Waals surface area contributed by atoms with Crippen LogP contribution in [0.3, 0.4) is 0 Å². The van der Waals surface area contributed by atoms with Crippen LogP contribution in [0.5, 0.6) is 0 Å². The van der Waals surface area contributed by atoms with E-state index in [0.29, 0.717) is 18.1 Å². The molecule has 21 heavy (non-hydrogen) atoms. The minimum absolute atomic E-state index is 0.147. The van der Waals surface area contributed by atoms with Crippen LogP contribution >= 0.6 is 0 Å². The lowest BCUT2D eigenvalue weighted by atomic mass is 9.79. The van der Waals surface area contributed by atoms with E-state index >= 15 is 0 Å². The summed E-state index contributed by atoms with van der Waals surface area (Å²) in [7, 11) is 1.64. The van der Waals surface area contributed by atoms with E-state index in [1.54, 1.807) is 7.11 Å². The Labute approximate surface area is 124 Å². The van der Waals surface area contributed by atoms with Gasteiger partial charge < -0.3 is 14.4 Å². The van der Waals surface area contributed by atoms with Gasteiger partial charge in [-0.2, -0.15) is 4.98 Å². The highest BCUT2D eigenvalue weighted by molar-refractivity contribution is 5.67. The van der Waals surface area contributed by atoms with Crippen LogP contribution < -0.4 is 0 Å². The van der Waals surface area contributed by atoms with Gasteiger partial charge in [0.2, 0.25) is 11.7 Å². The fraction of sp³-hybridized carbons (Fsp3) is 0.800. The molecule has 6 heteroatoms. The topological polar surface area (TPSA) is 85.5 Å². The van der Waals surface area contributed by atoms with E-state index in [1.165, 1.54) is 0 Å². The van der Waals surface area contributed by atoms with Crippen molar-refractivity contribution < 1.29 is 19.2 Å². The molecule has 0 bridgehead atoms. The van der Waals surface area contributed by atoms with Gasteiger partial charge in [-0.3, -0.25) is 4.79 Å². The molecule has 1 fully saturated rings. The van der Waals surface area contributed by atoms with Gasteiger partial charge in [0.25, 0.3) is 0 Å². The standard InChI is InChI=1S/C15H24N2O4/c1-3-6-11(20-2)14-16-12(21-17-14)9-15(10-13(18)19)7-4-5-8-15/h11H,3-10H2,1-2H3,(H,18,19). The molecule has 0 spiro atoms. The highest BCUT2D eigenvalue weighted by Crippen LogP contribution is 2.43. The molecule has 1 aromatic rings. The summed E-state index contributed by atoms with van der Waals surface area (Å²) in [5, 5.41) is 13.1. The highest BCUT2D eigenvalue weighted by Gasteiger charge is 2.38. The van der Waals surface area contributed by atoms with E-state index in [0.717, 1.165) is 38.5 Å². The van der Waals surface area contributed by atoms with Gasteiger partial charge in [-0.05, 0) is 24.7 Å². The first kappa shape index (κ1) is 15.9. The van der Waals surface area contributed by atoms with E-state index in [9.17, 15) is 4.79 Å². The van der Waals surface area contributed by atoms with Gasteiger partial charge >= 0.3 is 5.97 Å². The number of hydrogen-bond donors (Lipinski definition) is 1. The van der Waals surface area contributed by atoms with Gasteiger partial charge in [0.1, 0.15) is 6.10 Å². The largest absolute Gasteiger partial charge is 0.481 e. The zero-order chi connectivity index (χ0) is 15.3. The molecule has 1 aromatic heterocycles. The number of aromatic nitrogens is 2. The maximum Gasteiger partial charge on any atom is 0.303 e. The lowest BCUT2D eigenvalue weighted by Crippen LogP contribution is -2.24. The zero-order valence-corrected chi connectivity index (χ0v) is 12.8. The number of carboxylic acid groups (broad SMARTS) is 1. The third-order valence-corrected chi connectivity index (χ3v) is 4.32. The lowest BCUT2D eigenvalue weighted by molar-refractivity contribution is -0.139. The summed E-state index contributed by atoms with van der Waals surface area (Å²) < 4.78 is 10.7. The molecule has 1 aliphatic carbocycles. The Bertz CT molecular complexity index is 466. The molecule has 1 heterocycles. The molecular formula is C15H24N2O4. The van der Waals surface area contributed by atoms with E-state index in [1.807, 2.05) is 0 Å². The zero-order valence-electron chi connectivity index (χ0n) is 12.8. The molecule has 1 saturated carbocycles. The summed E-state index contributed by atoms with van der Waals surface area (Å²) >= 11 is 0. The molecule has 0 aliphatic heterocycles. The summed E-state index contributed by atoms with van der Waals surface area (Å²) in [4.78, 5) is 15.5. The highest BCUT2D eigenvalue weighted by atomic mass is 16.5. The summed E-state index contributed by atoms with van der Waals surface area (Å²) in [5.41, 5.74) is -0.219. The molecule has 0 aromatic carbocycles. The van der Waals surface area contributed by atoms with Crippen LogP contribution in [0, 0.1) is 5.41 Å². The average molecular weight is 296 g/mol. The summed E-state index contributed by atoms with van der Waals surface area (Å²) in [6.45, 7) is 2.08. The number of carboxylic acids is 1. The average Bonchev–Trinajstić information content (AvgIpc) is 3.05. The number of methoxy groups -OCH3 is 1. The van der Waals surface area contributed by atoms with Crippen molar-refractivity contribution in [1.29, 1.82) is 0 Å². The Morgan fingerprint density at radius 1 is 1.48 bits per heavy atom. The second kappa shape index (κ2) is 7.02. The molecular weight excluding hydrogens is 272 g/mol. The second-order valence-corrected chi connectivity index (χ2v) is 6.01. The number of aliphatic carboxylic acids is 1. The van der Waals surface area contributed by atoms with Crippen LogP contribution in [-0.2, 0) is 16.0 Å². The van der Waals surface area contributed by atoms with Crippen LogP contribution in [0.1, 0.15) is 69.7 Å². The fourth-order valence-electron chi connectivity index (χ4n) is 3.27. The summed E-state index contributed by atoms with van der Waals surface area (Å²) in [6, 6.07) is 0. The molecule has 1 aliphatic rings. The third kappa shape index (κ3) is 4.03.